The van der Waals surface area contributed by atoms with Crippen LogP contribution in [0.4, 0.5) is 0 Å². The molecule has 0 aliphatic rings. The summed E-state index contributed by atoms with van der Waals surface area (Å²) in [6.45, 7) is 1.94. The van der Waals surface area contributed by atoms with Crippen LogP contribution in [-0.2, 0) is 0 Å². The molecule has 2 heteroatoms. The lowest BCUT2D eigenvalue weighted by atomic mass is 10.5. The molecule has 0 saturated heterocycles. The standard InChI is InChI=1S/C6H10N2/c1-2-3-4-5-8-6-7/h2-6H,1H3,(H2,7,8)/b3-2-,5-4-. The third kappa shape index (κ3) is 4.95. The molecule has 2 N–H and O–H groups in total. The van der Waals surface area contributed by atoms with Gasteiger partial charge in [0.2, 0.25) is 0 Å². The van der Waals surface area contributed by atoms with Gasteiger partial charge < -0.3 is 5.73 Å². The van der Waals surface area contributed by atoms with E-state index in [1.807, 2.05) is 25.2 Å². The molecule has 0 aliphatic heterocycles. The molecule has 2 nitrogen and oxygen atoms in total. The summed E-state index contributed by atoms with van der Waals surface area (Å²) in [5.41, 5.74) is 4.94. The summed E-state index contributed by atoms with van der Waals surface area (Å²) in [5, 5.41) is 0. The highest BCUT2D eigenvalue weighted by Gasteiger charge is 1.55. The summed E-state index contributed by atoms with van der Waals surface area (Å²) < 4.78 is 0. The van der Waals surface area contributed by atoms with Gasteiger partial charge in [0.15, 0.2) is 0 Å². The summed E-state index contributed by atoms with van der Waals surface area (Å²) in [4.78, 5) is 3.63. The Morgan fingerprint density at radius 3 is 2.62 bits per heavy atom. The van der Waals surface area contributed by atoms with Crippen molar-refractivity contribution in [3.63, 3.8) is 0 Å². The SMILES string of the molecule is C\C=C/C=C\N=C\N. The van der Waals surface area contributed by atoms with Crippen LogP contribution in [0.1, 0.15) is 6.92 Å². The van der Waals surface area contributed by atoms with Gasteiger partial charge in [0.05, 0.1) is 6.34 Å². The first-order chi connectivity index (χ1) is 3.91. The largest absolute Gasteiger partial charge is 0.390 e. The maximum atomic E-state index is 4.94. The Hall–Kier alpha value is -1.05. The molecule has 0 amide bonds. The molecule has 0 heterocycles. The van der Waals surface area contributed by atoms with Crippen molar-refractivity contribution in [3.05, 3.63) is 24.4 Å². The highest BCUT2D eigenvalue weighted by Crippen LogP contribution is 1.74. The van der Waals surface area contributed by atoms with Crippen molar-refractivity contribution in [1.82, 2.24) is 0 Å². The second-order valence-corrected chi connectivity index (χ2v) is 1.17. The van der Waals surface area contributed by atoms with Gasteiger partial charge in [-0.2, -0.15) is 0 Å². The zero-order chi connectivity index (χ0) is 6.24. The molecule has 0 radical (unpaired) electrons. The molecule has 44 valence electrons. The zero-order valence-electron chi connectivity index (χ0n) is 4.91. The van der Waals surface area contributed by atoms with Crippen LogP contribution in [-0.4, -0.2) is 6.34 Å². The van der Waals surface area contributed by atoms with Gasteiger partial charge in [0.1, 0.15) is 0 Å². The monoisotopic (exact) mass is 110 g/mol. The quantitative estimate of drug-likeness (QED) is 0.322. The van der Waals surface area contributed by atoms with Crippen LogP contribution in [0.3, 0.4) is 0 Å². The smallest absolute Gasteiger partial charge is 0.0852 e. The lowest BCUT2D eigenvalue weighted by Gasteiger charge is -1.69. The normalized spacial score (nSPS) is 12.6. The first-order valence-corrected chi connectivity index (χ1v) is 2.43. The van der Waals surface area contributed by atoms with Crippen molar-refractivity contribution in [2.45, 2.75) is 6.92 Å². The Balaban J connectivity index is 3.35. The summed E-state index contributed by atoms with van der Waals surface area (Å²) >= 11 is 0. The molecular weight excluding hydrogens is 100 g/mol. The predicted octanol–water partition coefficient (Wildman–Crippen LogP) is 1.06. The van der Waals surface area contributed by atoms with E-state index in [-0.39, 0.29) is 0 Å². The molecule has 0 spiro atoms. The van der Waals surface area contributed by atoms with Crippen molar-refractivity contribution in [3.8, 4) is 0 Å². The fourth-order valence-corrected chi connectivity index (χ4v) is 0.260. The molecule has 0 unspecified atom stereocenters. The molecular formula is C6H10N2. The molecule has 0 atom stereocenters. The average molecular weight is 110 g/mol. The van der Waals surface area contributed by atoms with E-state index in [1.165, 1.54) is 6.34 Å². The lowest BCUT2D eigenvalue weighted by Crippen LogP contribution is -1.84. The first-order valence-electron chi connectivity index (χ1n) is 2.43. The van der Waals surface area contributed by atoms with E-state index in [0.717, 1.165) is 0 Å². The predicted molar refractivity (Wildman–Crippen MR) is 36.6 cm³/mol. The summed E-state index contributed by atoms with van der Waals surface area (Å²) in [6.07, 6.45) is 8.49. The number of nitrogens with two attached hydrogens (primary N) is 1. The number of nitrogens with zero attached hydrogens (tertiary/aromatic N) is 1. The molecule has 0 aromatic heterocycles. The number of hydrogen-bond acceptors (Lipinski definition) is 1. The highest BCUT2D eigenvalue weighted by molar-refractivity contribution is 5.52. The van der Waals surface area contributed by atoms with Crippen molar-refractivity contribution in [1.29, 1.82) is 0 Å². The van der Waals surface area contributed by atoms with Gasteiger partial charge in [-0.3, -0.25) is 0 Å². The van der Waals surface area contributed by atoms with Gasteiger partial charge in [-0.1, -0.05) is 12.2 Å². The van der Waals surface area contributed by atoms with Gasteiger partial charge >= 0.3 is 0 Å². The number of aliphatic imine (C=N–C) groups is 1. The van der Waals surface area contributed by atoms with Crippen LogP contribution < -0.4 is 5.73 Å². The summed E-state index contributed by atoms with van der Waals surface area (Å²) in [7, 11) is 0. The van der Waals surface area contributed by atoms with E-state index < -0.39 is 0 Å². The van der Waals surface area contributed by atoms with Crippen LogP contribution >= 0.6 is 0 Å². The first kappa shape index (κ1) is 6.95. The van der Waals surface area contributed by atoms with Crippen LogP contribution in [0.2, 0.25) is 0 Å². The van der Waals surface area contributed by atoms with Gasteiger partial charge in [-0.15, -0.1) is 0 Å². The number of hydrogen-bond donors (Lipinski definition) is 1. The van der Waals surface area contributed by atoms with Gasteiger partial charge in [0.25, 0.3) is 0 Å². The van der Waals surface area contributed by atoms with Crippen molar-refractivity contribution >= 4 is 6.34 Å². The van der Waals surface area contributed by atoms with Crippen LogP contribution in [0.25, 0.3) is 0 Å². The Morgan fingerprint density at radius 2 is 2.12 bits per heavy atom. The van der Waals surface area contributed by atoms with Crippen LogP contribution in [0.5, 0.6) is 0 Å². The Kier molecular flexibility index (Phi) is 5.17. The maximum Gasteiger partial charge on any atom is 0.0852 e. The third-order valence-electron chi connectivity index (χ3n) is 0.562. The van der Waals surface area contributed by atoms with E-state index in [2.05, 4.69) is 4.99 Å². The second kappa shape index (κ2) is 5.95. The van der Waals surface area contributed by atoms with E-state index in [9.17, 15) is 0 Å². The third-order valence-corrected chi connectivity index (χ3v) is 0.562. The van der Waals surface area contributed by atoms with Gasteiger partial charge in [-0.25, -0.2) is 4.99 Å². The Morgan fingerprint density at radius 1 is 1.38 bits per heavy atom. The highest BCUT2D eigenvalue weighted by atomic mass is 14.8. The number of allylic oxidation sites excluding steroid dienone is 3. The molecule has 0 aliphatic carbocycles. The molecule has 0 rings (SSSR count). The minimum absolute atomic E-state index is 1.25. The molecule has 0 fully saturated rings. The van der Waals surface area contributed by atoms with Gasteiger partial charge in [-0.05, 0) is 13.0 Å². The Bertz CT molecular complexity index is 97.7. The van der Waals surface area contributed by atoms with Crippen LogP contribution in [0, 0.1) is 0 Å². The molecule has 0 bridgehead atoms. The maximum absolute atomic E-state index is 4.94. The Labute approximate surface area is 49.4 Å². The van der Waals surface area contributed by atoms with E-state index in [1.54, 1.807) is 6.20 Å². The summed E-state index contributed by atoms with van der Waals surface area (Å²) in [5.74, 6) is 0. The van der Waals surface area contributed by atoms with E-state index in [0.29, 0.717) is 0 Å². The molecule has 8 heavy (non-hydrogen) atoms. The summed E-state index contributed by atoms with van der Waals surface area (Å²) in [6, 6.07) is 0. The lowest BCUT2D eigenvalue weighted by molar-refractivity contribution is 1.55. The average Bonchev–Trinajstić information content (AvgIpc) is 1.81. The fraction of sp³-hybridized carbons (Fsp3) is 0.167. The van der Waals surface area contributed by atoms with E-state index >= 15 is 0 Å². The minimum Gasteiger partial charge on any atom is -0.390 e. The van der Waals surface area contributed by atoms with Crippen molar-refractivity contribution in [2.75, 3.05) is 0 Å². The minimum atomic E-state index is 1.25. The molecule has 0 aromatic carbocycles. The topological polar surface area (TPSA) is 38.4 Å². The number of rotatable bonds is 2. The molecule has 0 saturated carbocycles. The zero-order valence-corrected chi connectivity index (χ0v) is 4.91. The fourth-order valence-electron chi connectivity index (χ4n) is 0.260. The van der Waals surface area contributed by atoms with Crippen LogP contribution in [0.15, 0.2) is 29.4 Å². The van der Waals surface area contributed by atoms with Gasteiger partial charge in [0, 0.05) is 6.20 Å². The van der Waals surface area contributed by atoms with E-state index in [4.69, 9.17) is 5.73 Å². The van der Waals surface area contributed by atoms with Crippen molar-refractivity contribution in [2.24, 2.45) is 10.7 Å². The van der Waals surface area contributed by atoms with Crippen molar-refractivity contribution < 1.29 is 0 Å². The second-order valence-electron chi connectivity index (χ2n) is 1.17. The molecule has 0 aromatic rings.